The van der Waals surface area contributed by atoms with Crippen molar-refractivity contribution in [3.05, 3.63) is 35.4 Å². The monoisotopic (exact) mass is 226 g/mol. The topological polar surface area (TPSA) is 52.9 Å². The lowest BCUT2D eigenvalue weighted by molar-refractivity contribution is 0.0997. The second kappa shape index (κ2) is 7.22. The van der Waals surface area contributed by atoms with Crippen molar-refractivity contribution in [2.45, 2.75) is 12.8 Å². The molecule has 3 nitrogen and oxygen atoms in total. The molecule has 0 aromatic heterocycles. The Morgan fingerprint density at radius 1 is 1.35 bits per heavy atom. The molecule has 17 heavy (non-hydrogen) atoms. The number of nitriles is 1. The first-order valence-electron chi connectivity index (χ1n) is 5.41. The number of carbonyl (C=O) groups is 1. The Morgan fingerprint density at radius 3 is 2.65 bits per heavy atom. The van der Waals surface area contributed by atoms with Crippen molar-refractivity contribution in [2.75, 3.05) is 13.6 Å². The summed E-state index contributed by atoms with van der Waals surface area (Å²) in [5, 5.41) is 11.4. The fourth-order valence-electron chi connectivity index (χ4n) is 1.27. The molecule has 3 heteroatoms. The summed E-state index contributed by atoms with van der Waals surface area (Å²) >= 11 is 0. The summed E-state index contributed by atoms with van der Waals surface area (Å²) in [6, 6.07) is 8.87. The third-order valence-electron chi connectivity index (χ3n) is 2.18. The lowest BCUT2D eigenvalue weighted by Gasteiger charge is -1.96. The number of benzene rings is 1. The Balaban J connectivity index is 2.64. The first-order chi connectivity index (χ1) is 8.27. The molecule has 0 unspecified atom stereocenters. The Morgan fingerprint density at radius 2 is 2.06 bits per heavy atom. The molecular formula is C14H14N2O. The highest BCUT2D eigenvalue weighted by Gasteiger charge is 2.03. The van der Waals surface area contributed by atoms with Gasteiger partial charge in [0.15, 0.2) is 5.78 Å². The van der Waals surface area contributed by atoms with Crippen LogP contribution in [0.2, 0.25) is 0 Å². The highest BCUT2D eigenvalue weighted by molar-refractivity contribution is 5.97. The van der Waals surface area contributed by atoms with Crippen LogP contribution in [0.5, 0.6) is 0 Å². The van der Waals surface area contributed by atoms with Gasteiger partial charge < -0.3 is 5.32 Å². The van der Waals surface area contributed by atoms with E-state index >= 15 is 0 Å². The van der Waals surface area contributed by atoms with Gasteiger partial charge in [0, 0.05) is 24.1 Å². The van der Waals surface area contributed by atoms with Crippen LogP contribution in [0, 0.1) is 23.2 Å². The predicted octanol–water partition coefficient (Wildman–Crippen LogP) is 1.74. The molecule has 0 heterocycles. The van der Waals surface area contributed by atoms with Crippen LogP contribution < -0.4 is 5.32 Å². The molecule has 86 valence electrons. The Kier molecular flexibility index (Phi) is 5.51. The summed E-state index contributed by atoms with van der Waals surface area (Å²) in [5.74, 6) is 5.89. The predicted molar refractivity (Wildman–Crippen MR) is 66.4 cm³/mol. The van der Waals surface area contributed by atoms with Gasteiger partial charge >= 0.3 is 0 Å². The van der Waals surface area contributed by atoms with Crippen molar-refractivity contribution in [1.29, 1.82) is 5.26 Å². The van der Waals surface area contributed by atoms with Crippen molar-refractivity contribution in [2.24, 2.45) is 0 Å². The normalized spacial score (nSPS) is 8.94. The zero-order chi connectivity index (χ0) is 12.5. The number of carbonyl (C=O) groups excluding carboxylic acids is 1. The van der Waals surface area contributed by atoms with Crippen molar-refractivity contribution in [3.8, 4) is 17.9 Å². The molecule has 1 N–H and O–H groups in total. The van der Waals surface area contributed by atoms with Crippen LogP contribution in [0.3, 0.4) is 0 Å². The molecule has 0 saturated carbocycles. The number of rotatable bonds is 4. The molecule has 0 aliphatic heterocycles. The lowest BCUT2D eigenvalue weighted by atomic mass is 10.1. The maximum atomic E-state index is 11.4. The van der Waals surface area contributed by atoms with Crippen molar-refractivity contribution in [3.63, 3.8) is 0 Å². The van der Waals surface area contributed by atoms with Crippen LogP contribution in [-0.4, -0.2) is 19.4 Å². The van der Waals surface area contributed by atoms with Gasteiger partial charge in [0.25, 0.3) is 0 Å². The molecule has 0 radical (unpaired) electrons. The van der Waals surface area contributed by atoms with Gasteiger partial charge in [0.2, 0.25) is 0 Å². The average molecular weight is 226 g/mol. The van der Waals surface area contributed by atoms with Gasteiger partial charge in [-0.1, -0.05) is 24.0 Å². The standard InChI is InChI=1S/C14H14N2O/c1-16-11-3-2-4-12-5-7-13(8-6-12)14(17)9-10-15/h5-8,16H,3,9,11H2,1H3. The maximum absolute atomic E-state index is 11.4. The van der Waals surface area contributed by atoms with E-state index in [1.807, 2.05) is 13.1 Å². The smallest absolute Gasteiger partial charge is 0.176 e. The molecule has 0 bridgehead atoms. The van der Waals surface area contributed by atoms with Crippen molar-refractivity contribution >= 4 is 5.78 Å². The summed E-state index contributed by atoms with van der Waals surface area (Å²) in [5.41, 5.74) is 1.45. The molecule has 0 spiro atoms. The quantitative estimate of drug-likeness (QED) is 0.483. The van der Waals surface area contributed by atoms with E-state index in [1.54, 1.807) is 24.3 Å². The minimum absolute atomic E-state index is 0.0762. The van der Waals surface area contributed by atoms with Crippen LogP contribution in [0.25, 0.3) is 0 Å². The van der Waals surface area contributed by atoms with E-state index in [-0.39, 0.29) is 12.2 Å². The number of nitrogens with zero attached hydrogens (tertiary/aromatic N) is 1. The third kappa shape index (κ3) is 4.51. The Labute approximate surface area is 101 Å². The first-order valence-corrected chi connectivity index (χ1v) is 5.41. The molecule has 1 aromatic rings. The van der Waals surface area contributed by atoms with Gasteiger partial charge in [-0.3, -0.25) is 4.79 Å². The van der Waals surface area contributed by atoms with Gasteiger partial charge in [-0.15, -0.1) is 0 Å². The summed E-state index contributed by atoms with van der Waals surface area (Å²) < 4.78 is 0. The highest BCUT2D eigenvalue weighted by Crippen LogP contribution is 2.05. The minimum Gasteiger partial charge on any atom is -0.319 e. The summed E-state index contributed by atoms with van der Waals surface area (Å²) in [6.07, 6.45) is 0.721. The number of ketones is 1. The summed E-state index contributed by atoms with van der Waals surface area (Å²) in [4.78, 5) is 11.4. The van der Waals surface area contributed by atoms with E-state index in [0.29, 0.717) is 5.56 Å². The van der Waals surface area contributed by atoms with E-state index in [4.69, 9.17) is 5.26 Å². The number of hydrogen-bond acceptors (Lipinski definition) is 3. The molecule has 0 saturated heterocycles. The first kappa shape index (κ1) is 13.0. The minimum atomic E-state index is -0.151. The van der Waals surface area contributed by atoms with Crippen LogP contribution >= 0.6 is 0 Å². The average Bonchev–Trinajstić information content (AvgIpc) is 2.36. The van der Waals surface area contributed by atoms with Crippen molar-refractivity contribution in [1.82, 2.24) is 5.32 Å². The number of Topliss-reactive ketones (excluding diaryl/α,β-unsaturated/α-hetero) is 1. The zero-order valence-electron chi connectivity index (χ0n) is 9.79. The molecule has 0 aliphatic rings. The number of hydrogen-bond donors (Lipinski definition) is 1. The van der Waals surface area contributed by atoms with E-state index < -0.39 is 0 Å². The van der Waals surface area contributed by atoms with Crippen molar-refractivity contribution < 1.29 is 4.79 Å². The summed E-state index contributed by atoms with van der Waals surface area (Å²) in [6.45, 7) is 0.867. The lowest BCUT2D eigenvalue weighted by Crippen LogP contribution is -2.05. The van der Waals surface area contributed by atoms with Gasteiger partial charge in [-0.25, -0.2) is 0 Å². The van der Waals surface area contributed by atoms with E-state index in [9.17, 15) is 4.79 Å². The van der Waals surface area contributed by atoms with E-state index in [1.165, 1.54) is 0 Å². The summed E-state index contributed by atoms with van der Waals surface area (Å²) in [7, 11) is 1.89. The highest BCUT2D eigenvalue weighted by atomic mass is 16.1. The van der Waals surface area contributed by atoms with Crippen LogP contribution in [0.15, 0.2) is 24.3 Å². The molecule has 1 rings (SSSR count). The van der Waals surface area contributed by atoms with Gasteiger partial charge in [-0.2, -0.15) is 5.26 Å². The second-order valence-corrected chi connectivity index (χ2v) is 3.49. The molecule has 0 amide bonds. The maximum Gasteiger partial charge on any atom is 0.176 e. The Bertz CT molecular complexity index is 472. The molecule has 0 fully saturated rings. The fourth-order valence-corrected chi connectivity index (χ4v) is 1.27. The van der Waals surface area contributed by atoms with Gasteiger partial charge in [0.1, 0.15) is 0 Å². The largest absolute Gasteiger partial charge is 0.319 e. The molecule has 0 aliphatic carbocycles. The van der Waals surface area contributed by atoms with Crippen LogP contribution in [0.1, 0.15) is 28.8 Å². The van der Waals surface area contributed by atoms with Gasteiger partial charge in [0.05, 0.1) is 12.5 Å². The SMILES string of the molecule is CNCCC#Cc1ccc(C(=O)CC#N)cc1. The van der Waals surface area contributed by atoms with Crippen LogP contribution in [0.4, 0.5) is 0 Å². The molecule has 1 aromatic carbocycles. The van der Waals surface area contributed by atoms with E-state index in [2.05, 4.69) is 17.2 Å². The molecule has 0 atom stereocenters. The van der Waals surface area contributed by atoms with E-state index in [0.717, 1.165) is 18.5 Å². The second-order valence-electron chi connectivity index (χ2n) is 3.49. The number of nitrogens with one attached hydrogen (secondary N) is 1. The Hall–Kier alpha value is -2.10. The third-order valence-corrected chi connectivity index (χ3v) is 2.18. The fraction of sp³-hybridized carbons (Fsp3) is 0.286. The van der Waals surface area contributed by atoms with Gasteiger partial charge in [-0.05, 0) is 19.2 Å². The zero-order valence-corrected chi connectivity index (χ0v) is 9.79. The molecular weight excluding hydrogens is 212 g/mol. The van der Waals surface area contributed by atoms with Crippen LogP contribution in [-0.2, 0) is 0 Å².